The molecule has 1 aromatic rings. The predicted octanol–water partition coefficient (Wildman–Crippen LogP) is 4.35. The van der Waals surface area contributed by atoms with Crippen molar-refractivity contribution in [2.45, 2.75) is 45.3 Å². The Morgan fingerprint density at radius 2 is 1.75 bits per heavy atom. The van der Waals surface area contributed by atoms with Gasteiger partial charge in [-0.2, -0.15) is 0 Å². The Morgan fingerprint density at radius 1 is 1.06 bits per heavy atom. The molecule has 0 saturated heterocycles. The van der Waals surface area contributed by atoms with Crippen LogP contribution in [0.3, 0.4) is 0 Å². The molecule has 0 radical (unpaired) electrons. The lowest BCUT2D eigenvalue weighted by Gasteiger charge is -2.20. The third-order valence-corrected chi connectivity index (χ3v) is 6.23. The van der Waals surface area contributed by atoms with Gasteiger partial charge in [0, 0.05) is 0 Å². The van der Waals surface area contributed by atoms with Crippen molar-refractivity contribution in [3.8, 4) is 0 Å². The summed E-state index contributed by atoms with van der Waals surface area (Å²) in [7, 11) is -1.23. The molecule has 0 aromatic heterocycles. The third-order valence-electron chi connectivity index (χ3n) is 3.07. The first kappa shape index (κ1) is 13.2. The Bertz CT molecular complexity index is 311. The molecule has 0 aliphatic rings. The molecule has 1 aromatic carbocycles. The van der Waals surface area contributed by atoms with Crippen LogP contribution in [-0.2, 0) is 0 Å². The smallest absolute Gasteiger partial charge is 0.0843 e. The number of benzene rings is 1. The van der Waals surface area contributed by atoms with Gasteiger partial charge in [-0.25, -0.2) is 0 Å². The molecule has 0 unspecified atom stereocenters. The van der Waals surface area contributed by atoms with E-state index in [1.54, 1.807) is 5.19 Å². The summed E-state index contributed by atoms with van der Waals surface area (Å²) >= 11 is 0. The summed E-state index contributed by atoms with van der Waals surface area (Å²) in [5.41, 5.74) is 0. The Balaban J connectivity index is 2.49. The molecular weight excluding hydrogens is 208 g/mol. The van der Waals surface area contributed by atoms with Crippen LogP contribution in [0, 0.1) is 0 Å². The highest BCUT2D eigenvalue weighted by Gasteiger charge is 2.20. The van der Waals surface area contributed by atoms with Gasteiger partial charge in [0.25, 0.3) is 0 Å². The summed E-state index contributed by atoms with van der Waals surface area (Å²) in [6.07, 6.45) is 8.62. The lowest BCUT2D eigenvalue weighted by atomic mass is 10.2. The lowest BCUT2D eigenvalue weighted by Crippen LogP contribution is -2.40. The molecule has 0 heterocycles. The van der Waals surface area contributed by atoms with Crippen LogP contribution in [0.2, 0.25) is 19.1 Å². The summed E-state index contributed by atoms with van der Waals surface area (Å²) in [6.45, 7) is 7.15. The van der Waals surface area contributed by atoms with E-state index in [1.165, 1.54) is 25.3 Å². The summed E-state index contributed by atoms with van der Waals surface area (Å²) in [6, 6.07) is 12.2. The fourth-order valence-corrected chi connectivity index (χ4v) is 3.91. The average molecular weight is 232 g/mol. The second-order valence-corrected chi connectivity index (χ2v) is 9.82. The van der Waals surface area contributed by atoms with Crippen LogP contribution >= 0.6 is 0 Å². The van der Waals surface area contributed by atoms with E-state index >= 15 is 0 Å². The molecule has 1 heteroatoms. The predicted molar refractivity (Wildman–Crippen MR) is 77.0 cm³/mol. The molecular formula is C15H24Si. The van der Waals surface area contributed by atoms with E-state index in [9.17, 15) is 0 Å². The summed E-state index contributed by atoms with van der Waals surface area (Å²) < 4.78 is 0. The van der Waals surface area contributed by atoms with Crippen molar-refractivity contribution in [2.75, 3.05) is 0 Å². The molecule has 0 aliphatic heterocycles. The van der Waals surface area contributed by atoms with Crippen molar-refractivity contribution in [2.24, 2.45) is 0 Å². The van der Waals surface area contributed by atoms with Gasteiger partial charge in [-0.15, -0.1) is 0 Å². The van der Waals surface area contributed by atoms with Gasteiger partial charge in [-0.1, -0.05) is 80.5 Å². The maximum absolute atomic E-state index is 2.45. The van der Waals surface area contributed by atoms with Crippen LogP contribution in [0.4, 0.5) is 0 Å². The van der Waals surface area contributed by atoms with E-state index < -0.39 is 8.07 Å². The van der Waals surface area contributed by atoms with E-state index in [0.29, 0.717) is 0 Å². The van der Waals surface area contributed by atoms with Gasteiger partial charge in [0.1, 0.15) is 0 Å². The molecule has 16 heavy (non-hydrogen) atoms. The first-order valence-electron chi connectivity index (χ1n) is 6.37. The minimum Gasteiger partial charge on any atom is -0.0909 e. The number of hydrogen-bond donors (Lipinski definition) is 0. The fourth-order valence-electron chi connectivity index (χ4n) is 1.82. The quantitative estimate of drug-likeness (QED) is 0.389. The van der Waals surface area contributed by atoms with Crippen molar-refractivity contribution >= 4 is 13.3 Å². The zero-order valence-corrected chi connectivity index (χ0v) is 11.9. The van der Waals surface area contributed by atoms with Gasteiger partial charge in [-0.3, -0.25) is 0 Å². The largest absolute Gasteiger partial charge is 0.0909 e. The second-order valence-electron chi connectivity index (χ2n) is 5.07. The van der Waals surface area contributed by atoms with Crippen LogP contribution < -0.4 is 5.19 Å². The molecule has 1 rings (SSSR count). The Kier molecular flexibility index (Phi) is 5.54. The highest BCUT2D eigenvalue weighted by molar-refractivity contribution is 6.90. The Labute approximate surface area is 101 Å². The Morgan fingerprint density at radius 3 is 2.38 bits per heavy atom. The Hall–Kier alpha value is -0.823. The summed E-state index contributed by atoms with van der Waals surface area (Å²) in [5, 5.41) is 1.56. The number of rotatable bonds is 6. The van der Waals surface area contributed by atoms with Crippen LogP contribution in [-0.4, -0.2) is 8.07 Å². The molecule has 0 saturated carbocycles. The molecule has 0 nitrogen and oxygen atoms in total. The number of hydrogen-bond acceptors (Lipinski definition) is 0. The van der Waals surface area contributed by atoms with E-state index in [1.807, 2.05) is 0 Å². The van der Waals surface area contributed by atoms with Gasteiger partial charge in [0.15, 0.2) is 0 Å². The molecule has 0 amide bonds. The van der Waals surface area contributed by atoms with Crippen LogP contribution in [0.1, 0.15) is 26.2 Å². The van der Waals surface area contributed by atoms with Crippen molar-refractivity contribution in [1.82, 2.24) is 0 Å². The van der Waals surface area contributed by atoms with Crippen molar-refractivity contribution in [3.05, 3.63) is 42.5 Å². The highest BCUT2D eigenvalue weighted by Crippen LogP contribution is 2.11. The topological polar surface area (TPSA) is 0 Å². The molecule has 0 spiro atoms. The molecule has 0 bridgehead atoms. The van der Waals surface area contributed by atoms with Gasteiger partial charge in [-0.05, 0) is 12.5 Å². The average Bonchev–Trinajstić information content (AvgIpc) is 2.30. The minimum absolute atomic E-state index is 1.23. The van der Waals surface area contributed by atoms with E-state index in [2.05, 4.69) is 62.5 Å². The monoisotopic (exact) mass is 232 g/mol. The van der Waals surface area contributed by atoms with Gasteiger partial charge in [0.2, 0.25) is 0 Å². The molecule has 0 fully saturated rings. The van der Waals surface area contributed by atoms with E-state index in [-0.39, 0.29) is 0 Å². The molecule has 0 atom stereocenters. The first-order valence-corrected chi connectivity index (χ1v) is 9.58. The molecule has 0 N–H and O–H groups in total. The first-order chi connectivity index (χ1) is 7.67. The lowest BCUT2D eigenvalue weighted by molar-refractivity contribution is 0.814. The second kappa shape index (κ2) is 6.69. The molecule has 88 valence electrons. The summed E-state index contributed by atoms with van der Waals surface area (Å²) in [5.74, 6) is 0. The molecule has 0 aliphatic carbocycles. The van der Waals surface area contributed by atoms with Crippen molar-refractivity contribution in [3.63, 3.8) is 0 Å². The van der Waals surface area contributed by atoms with Crippen molar-refractivity contribution in [1.29, 1.82) is 0 Å². The zero-order valence-electron chi connectivity index (χ0n) is 10.9. The normalized spacial score (nSPS) is 12.2. The van der Waals surface area contributed by atoms with Crippen LogP contribution in [0.15, 0.2) is 42.5 Å². The number of allylic oxidation sites excluding steroid dienone is 2. The standard InChI is InChI=1S/C15H24Si/c1-4-5-6-7-11-14-16(2,3)15-12-9-8-10-13-15/h7-13H,4-6,14H2,1-3H3/b11-7+. The van der Waals surface area contributed by atoms with Gasteiger partial charge in [0.05, 0.1) is 8.07 Å². The third kappa shape index (κ3) is 4.36. The number of unbranched alkanes of at least 4 members (excludes halogenated alkanes) is 2. The highest BCUT2D eigenvalue weighted by atomic mass is 28.3. The van der Waals surface area contributed by atoms with Crippen LogP contribution in [0.25, 0.3) is 0 Å². The summed E-state index contributed by atoms with van der Waals surface area (Å²) in [4.78, 5) is 0. The van der Waals surface area contributed by atoms with Gasteiger partial charge >= 0.3 is 0 Å². The van der Waals surface area contributed by atoms with Crippen molar-refractivity contribution < 1.29 is 0 Å². The maximum Gasteiger partial charge on any atom is 0.0843 e. The van der Waals surface area contributed by atoms with Gasteiger partial charge < -0.3 is 0 Å². The SMILES string of the molecule is CCCC/C=C/C[Si](C)(C)c1ccccc1. The zero-order chi connectivity index (χ0) is 11.9. The fraction of sp³-hybridized carbons (Fsp3) is 0.467. The van der Waals surface area contributed by atoms with E-state index in [0.717, 1.165) is 0 Å². The van der Waals surface area contributed by atoms with Crippen LogP contribution in [0.5, 0.6) is 0 Å². The van der Waals surface area contributed by atoms with E-state index in [4.69, 9.17) is 0 Å². The maximum atomic E-state index is 2.45. The minimum atomic E-state index is -1.23.